The highest BCUT2D eigenvalue weighted by atomic mass is 16.5. The van der Waals surface area contributed by atoms with Crippen molar-refractivity contribution in [2.24, 2.45) is 0 Å². The SMILES string of the molecule is CCOC(=O)CNC(C)c1cc(C)cc(C(C)NCC(=O)O)c1O. The van der Waals surface area contributed by atoms with E-state index in [2.05, 4.69) is 10.6 Å². The number of aliphatic carboxylic acids is 1. The number of phenols is 1. The monoisotopic (exact) mass is 338 g/mol. The molecular weight excluding hydrogens is 312 g/mol. The van der Waals surface area contributed by atoms with E-state index in [1.54, 1.807) is 13.8 Å². The van der Waals surface area contributed by atoms with E-state index in [0.29, 0.717) is 17.7 Å². The second-order valence-electron chi connectivity index (χ2n) is 5.70. The average Bonchev–Trinajstić information content (AvgIpc) is 2.52. The number of esters is 1. The highest BCUT2D eigenvalue weighted by molar-refractivity contribution is 5.71. The van der Waals surface area contributed by atoms with Gasteiger partial charge >= 0.3 is 11.9 Å². The van der Waals surface area contributed by atoms with Crippen LogP contribution in [0, 0.1) is 6.92 Å². The highest BCUT2D eigenvalue weighted by Crippen LogP contribution is 2.33. The van der Waals surface area contributed by atoms with Gasteiger partial charge in [0.1, 0.15) is 5.75 Å². The number of aromatic hydroxyl groups is 1. The maximum absolute atomic E-state index is 11.4. The predicted octanol–water partition coefficient (Wildman–Crippen LogP) is 1.65. The first kappa shape index (κ1) is 19.9. The van der Waals surface area contributed by atoms with Gasteiger partial charge in [-0.2, -0.15) is 0 Å². The molecule has 0 aliphatic heterocycles. The van der Waals surface area contributed by atoms with Crippen molar-refractivity contribution in [2.75, 3.05) is 19.7 Å². The lowest BCUT2D eigenvalue weighted by molar-refractivity contribution is -0.142. The molecule has 1 aromatic rings. The Hall–Kier alpha value is -2.12. The van der Waals surface area contributed by atoms with Crippen LogP contribution in [0.25, 0.3) is 0 Å². The highest BCUT2D eigenvalue weighted by Gasteiger charge is 2.19. The maximum Gasteiger partial charge on any atom is 0.319 e. The van der Waals surface area contributed by atoms with Crippen molar-refractivity contribution in [1.82, 2.24) is 10.6 Å². The first-order valence-corrected chi connectivity index (χ1v) is 7.93. The summed E-state index contributed by atoms with van der Waals surface area (Å²) in [6, 6.07) is 3.07. The smallest absolute Gasteiger partial charge is 0.319 e. The molecule has 0 aromatic heterocycles. The summed E-state index contributed by atoms with van der Waals surface area (Å²) in [5.41, 5.74) is 2.21. The fraction of sp³-hybridized carbons (Fsp3) is 0.529. The second kappa shape index (κ2) is 9.24. The summed E-state index contributed by atoms with van der Waals surface area (Å²) in [6.45, 7) is 7.44. The van der Waals surface area contributed by atoms with E-state index in [1.165, 1.54) is 0 Å². The number of carboxylic acids is 1. The van der Waals surface area contributed by atoms with Crippen molar-refractivity contribution in [3.05, 3.63) is 28.8 Å². The minimum atomic E-state index is -0.960. The molecule has 0 spiro atoms. The quantitative estimate of drug-likeness (QED) is 0.507. The van der Waals surface area contributed by atoms with Gasteiger partial charge in [-0.25, -0.2) is 0 Å². The normalized spacial score (nSPS) is 13.3. The first-order valence-electron chi connectivity index (χ1n) is 7.93. The Morgan fingerprint density at radius 3 is 2.08 bits per heavy atom. The van der Waals surface area contributed by atoms with Crippen LogP contribution in [-0.2, 0) is 14.3 Å². The number of ether oxygens (including phenoxy) is 1. The molecule has 7 heteroatoms. The van der Waals surface area contributed by atoms with Crippen LogP contribution in [0.1, 0.15) is 49.5 Å². The predicted molar refractivity (Wildman–Crippen MR) is 89.9 cm³/mol. The summed E-state index contributed by atoms with van der Waals surface area (Å²) in [5, 5.41) is 25.2. The lowest BCUT2D eigenvalue weighted by Crippen LogP contribution is -2.28. The lowest BCUT2D eigenvalue weighted by atomic mass is 9.96. The Morgan fingerprint density at radius 1 is 1.12 bits per heavy atom. The minimum absolute atomic E-state index is 0.0462. The molecule has 134 valence electrons. The van der Waals surface area contributed by atoms with Crippen LogP contribution in [0.3, 0.4) is 0 Å². The molecule has 1 aromatic carbocycles. The molecule has 7 nitrogen and oxygen atoms in total. The molecule has 0 aliphatic rings. The summed E-state index contributed by atoms with van der Waals surface area (Å²) >= 11 is 0. The summed E-state index contributed by atoms with van der Waals surface area (Å²) in [5.74, 6) is -1.22. The van der Waals surface area contributed by atoms with Crippen LogP contribution >= 0.6 is 0 Å². The van der Waals surface area contributed by atoms with Crippen LogP contribution < -0.4 is 10.6 Å². The van der Waals surface area contributed by atoms with Gasteiger partial charge in [0.05, 0.1) is 19.7 Å². The zero-order valence-electron chi connectivity index (χ0n) is 14.5. The lowest BCUT2D eigenvalue weighted by Gasteiger charge is -2.21. The van der Waals surface area contributed by atoms with E-state index in [1.807, 2.05) is 26.0 Å². The molecular formula is C17H26N2O5. The van der Waals surface area contributed by atoms with Crippen LogP contribution in [0.2, 0.25) is 0 Å². The molecule has 2 atom stereocenters. The zero-order valence-corrected chi connectivity index (χ0v) is 14.5. The van der Waals surface area contributed by atoms with E-state index in [4.69, 9.17) is 9.84 Å². The first-order chi connectivity index (χ1) is 11.3. The average molecular weight is 338 g/mol. The molecule has 0 heterocycles. The second-order valence-corrected chi connectivity index (χ2v) is 5.70. The van der Waals surface area contributed by atoms with Gasteiger partial charge in [-0.05, 0) is 27.7 Å². The molecule has 0 fully saturated rings. The maximum atomic E-state index is 11.4. The van der Waals surface area contributed by atoms with Crippen LogP contribution in [0.5, 0.6) is 5.75 Å². The van der Waals surface area contributed by atoms with Gasteiger partial charge in [0.2, 0.25) is 0 Å². The fourth-order valence-corrected chi connectivity index (χ4v) is 2.40. The molecule has 0 saturated carbocycles. The Balaban J connectivity index is 2.91. The third-order valence-corrected chi connectivity index (χ3v) is 3.66. The van der Waals surface area contributed by atoms with Crippen molar-refractivity contribution in [3.8, 4) is 5.75 Å². The zero-order chi connectivity index (χ0) is 18.3. The molecule has 0 amide bonds. The molecule has 1 rings (SSSR count). The number of hydrogen-bond acceptors (Lipinski definition) is 6. The van der Waals surface area contributed by atoms with Crippen molar-refractivity contribution in [3.63, 3.8) is 0 Å². The number of carboxylic acid groups (broad SMARTS) is 1. The van der Waals surface area contributed by atoms with Gasteiger partial charge in [-0.1, -0.05) is 17.7 Å². The van der Waals surface area contributed by atoms with Gasteiger partial charge < -0.3 is 25.6 Å². The Bertz CT molecular complexity index is 589. The number of carbonyl (C=O) groups excluding carboxylic acids is 1. The number of benzene rings is 1. The Labute approximate surface area is 142 Å². The van der Waals surface area contributed by atoms with Crippen molar-refractivity contribution < 1.29 is 24.5 Å². The van der Waals surface area contributed by atoms with E-state index in [0.717, 1.165) is 5.56 Å². The van der Waals surface area contributed by atoms with Crippen LogP contribution in [0.15, 0.2) is 12.1 Å². The topological polar surface area (TPSA) is 108 Å². The van der Waals surface area contributed by atoms with E-state index in [-0.39, 0.29) is 36.9 Å². The van der Waals surface area contributed by atoms with E-state index in [9.17, 15) is 14.7 Å². The number of phenolic OH excluding ortho intramolecular Hbond substituents is 1. The largest absolute Gasteiger partial charge is 0.507 e. The summed E-state index contributed by atoms with van der Waals surface area (Å²) in [6.07, 6.45) is 0. The molecule has 0 aliphatic carbocycles. The fourth-order valence-electron chi connectivity index (χ4n) is 2.40. The molecule has 0 bridgehead atoms. The van der Waals surface area contributed by atoms with Gasteiger partial charge in [-0.15, -0.1) is 0 Å². The number of rotatable bonds is 9. The number of hydrogen-bond donors (Lipinski definition) is 4. The molecule has 24 heavy (non-hydrogen) atoms. The Kier molecular flexibility index (Phi) is 7.67. The van der Waals surface area contributed by atoms with Gasteiger partial charge in [0.25, 0.3) is 0 Å². The summed E-state index contributed by atoms with van der Waals surface area (Å²) in [7, 11) is 0. The van der Waals surface area contributed by atoms with Crippen molar-refractivity contribution in [1.29, 1.82) is 0 Å². The summed E-state index contributed by atoms with van der Waals surface area (Å²) in [4.78, 5) is 22.1. The van der Waals surface area contributed by atoms with Crippen molar-refractivity contribution in [2.45, 2.75) is 39.8 Å². The van der Waals surface area contributed by atoms with Gasteiger partial charge in [0, 0.05) is 23.2 Å². The standard InChI is InChI=1S/C17H26N2O5/c1-5-24-16(22)9-19-12(4)14-7-10(2)6-13(17(14)23)11(3)18-8-15(20)21/h6-7,11-12,18-19,23H,5,8-9H2,1-4H3,(H,20,21). The third-order valence-electron chi connectivity index (χ3n) is 3.66. The third kappa shape index (κ3) is 5.82. The van der Waals surface area contributed by atoms with Gasteiger partial charge in [-0.3, -0.25) is 9.59 Å². The van der Waals surface area contributed by atoms with E-state index >= 15 is 0 Å². The number of carbonyl (C=O) groups is 2. The minimum Gasteiger partial charge on any atom is -0.507 e. The Morgan fingerprint density at radius 2 is 1.62 bits per heavy atom. The number of nitrogens with one attached hydrogen (secondary N) is 2. The van der Waals surface area contributed by atoms with Crippen LogP contribution in [-0.4, -0.2) is 41.8 Å². The molecule has 4 N–H and O–H groups in total. The van der Waals surface area contributed by atoms with Crippen LogP contribution in [0.4, 0.5) is 0 Å². The van der Waals surface area contributed by atoms with Crippen molar-refractivity contribution >= 4 is 11.9 Å². The van der Waals surface area contributed by atoms with E-state index < -0.39 is 5.97 Å². The molecule has 0 radical (unpaired) electrons. The number of aryl methyl sites for hydroxylation is 1. The summed E-state index contributed by atoms with van der Waals surface area (Å²) < 4.78 is 4.87. The molecule has 2 unspecified atom stereocenters. The van der Waals surface area contributed by atoms with Gasteiger partial charge in [0.15, 0.2) is 0 Å². The molecule has 0 saturated heterocycles.